The maximum Gasteiger partial charge on any atom is 0.453 e. The van der Waals surface area contributed by atoms with Crippen LogP contribution in [-0.2, 0) is 22.4 Å². The first-order chi connectivity index (χ1) is 38.0. The number of esters is 2. The minimum atomic E-state index is -5.68. The van der Waals surface area contributed by atoms with Crippen molar-refractivity contribution < 1.29 is 92.2 Å². The van der Waals surface area contributed by atoms with E-state index in [0.717, 1.165) is 6.08 Å². The molecular weight excluding hydrogens is 1090 g/mol. The number of aliphatic hydroxyl groups is 2. The Morgan fingerprint density at radius 3 is 1.16 bits per heavy atom. The summed E-state index contributed by atoms with van der Waals surface area (Å²) >= 11 is 0. The van der Waals surface area contributed by atoms with Crippen molar-refractivity contribution in [1.29, 1.82) is 0 Å². The predicted molar refractivity (Wildman–Crippen MR) is 279 cm³/mol. The fraction of sp³-hybridized carbons (Fsp3) is 0.254. The number of nitrogens with two attached hydrogens (primary N) is 2. The van der Waals surface area contributed by atoms with Gasteiger partial charge in [-0.15, -0.1) is 0 Å². The Balaban J connectivity index is 1.12. The lowest BCUT2D eigenvalue weighted by Crippen LogP contribution is -2.57. The first kappa shape index (κ1) is 61.7. The van der Waals surface area contributed by atoms with Crippen LogP contribution in [0.25, 0.3) is 12.2 Å². The predicted octanol–water partition coefficient (Wildman–Crippen LogP) is 12.4. The van der Waals surface area contributed by atoms with Gasteiger partial charge in [-0.1, -0.05) is 60.7 Å². The van der Waals surface area contributed by atoms with Crippen LogP contribution in [0.4, 0.5) is 55.3 Å². The second-order valence-electron chi connectivity index (χ2n) is 18.7. The minimum absolute atomic E-state index is 0.0398. The van der Waals surface area contributed by atoms with Crippen molar-refractivity contribution in [3.63, 3.8) is 0 Å². The van der Waals surface area contributed by atoms with Gasteiger partial charge in [0, 0.05) is 36.1 Å². The third-order valence-electron chi connectivity index (χ3n) is 12.5. The highest BCUT2D eigenvalue weighted by molar-refractivity contribution is 6.01. The second kappa shape index (κ2) is 26.2. The van der Waals surface area contributed by atoms with Gasteiger partial charge >= 0.3 is 36.1 Å². The quantitative estimate of drug-likeness (QED) is 0.00764. The number of benzene rings is 6. The number of alkyl halides is 10. The molecule has 0 fully saturated rings. The van der Waals surface area contributed by atoms with Crippen LogP contribution < -0.4 is 30.4 Å². The highest BCUT2D eigenvalue weighted by Crippen LogP contribution is 2.44. The van der Waals surface area contributed by atoms with Crippen molar-refractivity contribution in [3.8, 4) is 23.0 Å². The molecule has 0 aromatic heterocycles. The van der Waals surface area contributed by atoms with Gasteiger partial charge in [0.1, 0.15) is 23.0 Å². The van der Waals surface area contributed by atoms with E-state index in [1.807, 2.05) is 0 Å². The number of carbonyl (C=O) groups excluding carboxylic acids is 4. The molecule has 0 aliphatic rings. The van der Waals surface area contributed by atoms with Crippen molar-refractivity contribution in [2.24, 2.45) is 5.41 Å². The lowest BCUT2D eigenvalue weighted by molar-refractivity contribution is -0.284. The van der Waals surface area contributed by atoms with Gasteiger partial charge in [-0.2, -0.15) is 43.9 Å². The maximum atomic E-state index is 14.2. The van der Waals surface area contributed by atoms with Crippen LogP contribution >= 0.6 is 0 Å². The molecule has 0 radical (unpaired) electrons. The molecule has 0 saturated heterocycles. The average Bonchev–Trinajstić information content (AvgIpc) is 3.61. The molecule has 0 aliphatic heterocycles. The number of carbonyl (C=O) groups is 4. The van der Waals surface area contributed by atoms with Crippen LogP contribution in [0.2, 0.25) is 0 Å². The lowest BCUT2D eigenvalue weighted by atomic mass is 9.65. The van der Waals surface area contributed by atoms with Crippen LogP contribution in [0.5, 0.6) is 23.0 Å². The van der Waals surface area contributed by atoms with Gasteiger partial charge < -0.3 is 40.6 Å². The Bertz CT molecular complexity index is 3100. The smallest absolute Gasteiger partial charge is 0.453 e. The second-order valence-corrected chi connectivity index (χ2v) is 18.7. The van der Waals surface area contributed by atoms with Gasteiger partial charge in [-0.3, -0.25) is 9.59 Å². The molecule has 0 aliphatic carbocycles. The summed E-state index contributed by atoms with van der Waals surface area (Å²) in [6.07, 6.45) is -11.7. The number of ether oxygens (including phenoxy) is 4. The SMILES string of the molecule is Nc1ccc(CC(CC(=O)/C=C/c2ccc(OC(=O)c3ccc(OCCCC(F)(F)C(F)(F)F)cc3)cc2)(Cc2ccc(N)cc2)C(O)(O)C(=O)/C=C/c2ccc(OC(=O)c3ccc(OCCCC(F)(F)C(F)(F)F)cc3)cc2)cc1. The van der Waals surface area contributed by atoms with E-state index < -0.39 is 104 Å². The first-order valence-corrected chi connectivity index (χ1v) is 24.6. The fourth-order valence-electron chi connectivity index (χ4n) is 7.99. The third-order valence-corrected chi connectivity index (χ3v) is 12.5. The van der Waals surface area contributed by atoms with Crippen molar-refractivity contribution in [2.45, 2.75) is 74.9 Å². The summed E-state index contributed by atoms with van der Waals surface area (Å²) in [7, 11) is 0. The minimum Gasteiger partial charge on any atom is -0.494 e. The van der Waals surface area contributed by atoms with Gasteiger partial charge in [-0.05, 0) is 157 Å². The summed E-state index contributed by atoms with van der Waals surface area (Å²) in [5, 5.41) is 24.4. The summed E-state index contributed by atoms with van der Waals surface area (Å²) in [6, 6.07) is 34.8. The van der Waals surface area contributed by atoms with E-state index in [1.165, 1.54) is 115 Å². The molecule has 0 amide bonds. The normalized spacial score (nSPS) is 12.6. The molecular formula is C59H52F10N2O10. The van der Waals surface area contributed by atoms with E-state index >= 15 is 0 Å². The van der Waals surface area contributed by atoms with Crippen LogP contribution in [0.1, 0.15) is 75.1 Å². The molecule has 6 aromatic rings. The Labute approximate surface area is 457 Å². The number of ketones is 2. The highest BCUT2D eigenvalue weighted by atomic mass is 19.4. The molecule has 22 heteroatoms. The van der Waals surface area contributed by atoms with Gasteiger partial charge in [0.05, 0.1) is 24.3 Å². The zero-order chi connectivity index (χ0) is 59.2. The molecule has 0 atom stereocenters. The Morgan fingerprint density at radius 1 is 0.457 bits per heavy atom. The number of anilines is 2. The summed E-state index contributed by atoms with van der Waals surface area (Å²) < 4.78 is 149. The lowest BCUT2D eigenvalue weighted by Gasteiger charge is -2.42. The molecule has 0 unspecified atom stereocenters. The molecule has 81 heavy (non-hydrogen) atoms. The van der Waals surface area contributed by atoms with Gasteiger partial charge in [-0.25, -0.2) is 9.59 Å². The molecule has 6 N–H and O–H groups in total. The molecule has 428 valence electrons. The molecule has 6 rings (SSSR count). The largest absolute Gasteiger partial charge is 0.494 e. The fourth-order valence-corrected chi connectivity index (χ4v) is 7.99. The average molecular weight is 1140 g/mol. The molecule has 12 nitrogen and oxygen atoms in total. The number of hydrogen-bond donors (Lipinski definition) is 4. The molecule has 0 bridgehead atoms. The summed E-state index contributed by atoms with van der Waals surface area (Å²) in [6.45, 7) is -0.873. The van der Waals surface area contributed by atoms with Crippen molar-refractivity contribution in [1.82, 2.24) is 0 Å². The monoisotopic (exact) mass is 1140 g/mol. The third kappa shape index (κ3) is 17.2. The first-order valence-electron chi connectivity index (χ1n) is 24.6. The van der Waals surface area contributed by atoms with Crippen LogP contribution in [0, 0.1) is 5.41 Å². The molecule has 0 heterocycles. The molecule has 0 spiro atoms. The van der Waals surface area contributed by atoms with Crippen LogP contribution in [0.3, 0.4) is 0 Å². The van der Waals surface area contributed by atoms with E-state index in [1.54, 1.807) is 48.5 Å². The highest BCUT2D eigenvalue weighted by Gasteiger charge is 2.58. The summed E-state index contributed by atoms with van der Waals surface area (Å²) in [4.78, 5) is 54.0. The number of allylic oxidation sites excluding steroid dienone is 1. The molecule has 6 aromatic carbocycles. The Hall–Kier alpha value is -8.50. The van der Waals surface area contributed by atoms with Crippen LogP contribution in [0.15, 0.2) is 158 Å². The molecule has 0 saturated carbocycles. The van der Waals surface area contributed by atoms with E-state index in [0.29, 0.717) is 33.6 Å². The number of nitrogen functional groups attached to an aromatic ring is 2. The summed E-state index contributed by atoms with van der Waals surface area (Å²) in [5.74, 6) is -16.0. The zero-order valence-electron chi connectivity index (χ0n) is 42.6. The van der Waals surface area contributed by atoms with Crippen LogP contribution in [-0.4, -0.2) is 76.9 Å². The van der Waals surface area contributed by atoms with Crippen molar-refractivity contribution >= 4 is 47.0 Å². The van der Waals surface area contributed by atoms with E-state index in [9.17, 15) is 73.3 Å². The number of rotatable bonds is 26. The van der Waals surface area contributed by atoms with Gasteiger partial charge in [0.25, 0.3) is 0 Å². The van der Waals surface area contributed by atoms with Crippen molar-refractivity contribution in [3.05, 3.63) is 191 Å². The number of halogens is 10. The zero-order valence-corrected chi connectivity index (χ0v) is 42.6. The topological polar surface area (TPSA) is 198 Å². The van der Waals surface area contributed by atoms with E-state index in [-0.39, 0.29) is 47.0 Å². The Kier molecular flexibility index (Phi) is 19.9. The van der Waals surface area contributed by atoms with Gasteiger partial charge in [0.15, 0.2) is 5.78 Å². The van der Waals surface area contributed by atoms with E-state index in [4.69, 9.17) is 30.4 Å². The van der Waals surface area contributed by atoms with E-state index in [2.05, 4.69) is 0 Å². The summed E-state index contributed by atoms with van der Waals surface area (Å²) in [5.41, 5.74) is 12.6. The number of hydrogen-bond acceptors (Lipinski definition) is 12. The van der Waals surface area contributed by atoms with Crippen molar-refractivity contribution in [2.75, 3.05) is 24.7 Å². The standard InChI is InChI=1S/C59H52F10N2O10/c60-55(61,58(64,65)66)31-1-33-78-47-26-13-42(14-27-47)52(74)80-49-22-8-38(9-23-49)7-21-46(72)37-54(35-40-3-17-44(70)18-4-40,36-41-5-19-45(71)20-6-41)57(76,77)51(73)30-12-39-10-24-50(25-11-39)81-53(75)43-15-28-48(29-16-43)79-34-2-32-56(62,63)59(67,68)69/h3-30,76-77H,1-2,31-37,70-71H2/b21-7+,30-12+. The maximum absolute atomic E-state index is 14.2. The Morgan fingerprint density at radius 2 is 0.802 bits per heavy atom. The van der Waals surface area contributed by atoms with Gasteiger partial charge in [0.2, 0.25) is 11.6 Å².